The monoisotopic (exact) mass is 376 g/mol. The Labute approximate surface area is 123 Å². The third kappa shape index (κ3) is 3.17. The molecule has 1 aromatic rings. The summed E-state index contributed by atoms with van der Waals surface area (Å²) in [6.45, 7) is 0.106. The number of hydrogen-bond donors (Lipinski definition) is 0. The van der Waals surface area contributed by atoms with Crippen LogP contribution in [-0.2, 0) is 6.42 Å². The van der Waals surface area contributed by atoms with Crippen molar-refractivity contribution in [3.63, 3.8) is 0 Å². The lowest BCUT2D eigenvalue weighted by atomic mass is 9.94. The first-order valence-corrected chi connectivity index (χ1v) is 6.44. The number of ketones is 1. The molecule has 0 spiro atoms. The van der Waals surface area contributed by atoms with Crippen molar-refractivity contribution in [2.24, 2.45) is 5.92 Å². The zero-order valence-electron chi connectivity index (χ0n) is 10.1. The number of ether oxygens (including phenoxy) is 1. The molecule has 1 aromatic carbocycles. The van der Waals surface area contributed by atoms with Gasteiger partial charge in [0.15, 0.2) is 5.78 Å². The molecule has 116 valence electrons. The summed E-state index contributed by atoms with van der Waals surface area (Å²) in [6.07, 6.45) is -11.1. The molecule has 1 heterocycles. The van der Waals surface area contributed by atoms with Crippen LogP contribution in [0.25, 0.3) is 0 Å². The summed E-state index contributed by atoms with van der Waals surface area (Å²) in [7, 11) is 0. The van der Waals surface area contributed by atoms with Gasteiger partial charge in [-0.2, -0.15) is 26.3 Å². The Hall–Kier alpha value is -1.25. The SMILES string of the molecule is O=C(c1cc(Br)cc2c1OCC2)C(C(F)(F)F)C(F)(F)F. The molecule has 0 bridgehead atoms. The third-order valence-electron chi connectivity index (χ3n) is 2.93. The number of benzene rings is 1. The standard InChI is InChI=1S/C12H7BrF6O2/c13-6-3-5-1-2-21-9(5)7(4-6)8(20)10(11(14,15)16)12(17,18)19/h3-4,10H,1-2H2. The van der Waals surface area contributed by atoms with Crippen LogP contribution in [-0.4, -0.2) is 24.7 Å². The molecule has 0 aliphatic carbocycles. The van der Waals surface area contributed by atoms with Crippen molar-refractivity contribution in [2.45, 2.75) is 18.8 Å². The maximum Gasteiger partial charge on any atom is 0.407 e. The Morgan fingerprint density at radius 1 is 1.14 bits per heavy atom. The van der Waals surface area contributed by atoms with E-state index in [0.717, 1.165) is 6.07 Å². The number of carbonyl (C=O) groups is 1. The molecule has 2 nitrogen and oxygen atoms in total. The van der Waals surface area contributed by atoms with Gasteiger partial charge in [-0.05, 0) is 17.7 Å². The molecule has 0 amide bonds. The Kier molecular flexibility index (Phi) is 3.98. The molecule has 1 aliphatic rings. The van der Waals surface area contributed by atoms with Gasteiger partial charge in [0.1, 0.15) is 5.75 Å². The van der Waals surface area contributed by atoms with Crippen molar-refractivity contribution in [3.05, 3.63) is 27.7 Å². The van der Waals surface area contributed by atoms with Crippen LogP contribution in [0.2, 0.25) is 0 Å². The lowest BCUT2D eigenvalue weighted by Gasteiger charge is -2.22. The summed E-state index contributed by atoms with van der Waals surface area (Å²) in [5, 5.41) is 0. The Morgan fingerprint density at radius 3 is 2.24 bits per heavy atom. The second kappa shape index (κ2) is 5.19. The van der Waals surface area contributed by atoms with Crippen molar-refractivity contribution in [1.29, 1.82) is 0 Å². The van der Waals surface area contributed by atoms with E-state index < -0.39 is 29.6 Å². The Bertz CT molecular complexity index is 564. The highest BCUT2D eigenvalue weighted by Gasteiger charge is 2.61. The average molecular weight is 377 g/mol. The van der Waals surface area contributed by atoms with Crippen LogP contribution >= 0.6 is 15.9 Å². The predicted molar refractivity (Wildman–Crippen MR) is 63.3 cm³/mol. The van der Waals surface area contributed by atoms with Crippen LogP contribution in [0.4, 0.5) is 26.3 Å². The van der Waals surface area contributed by atoms with Gasteiger partial charge in [-0.15, -0.1) is 0 Å². The van der Waals surface area contributed by atoms with Gasteiger partial charge in [0.05, 0.1) is 12.2 Å². The lowest BCUT2D eigenvalue weighted by molar-refractivity contribution is -0.264. The van der Waals surface area contributed by atoms with E-state index in [1.165, 1.54) is 6.07 Å². The van der Waals surface area contributed by atoms with E-state index in [1.54, 1.807) is 0 Å². The summed E-state index contributed by atoms with van der Waals surface area (Å²) in [5.74, 6) is -6.33. The molecule has 2 rings (SSSR count). The largest absolute Gasteiger partial charge is 0.492 e. The van der Waals surface area contributed by atoms with Gasteiger partial charge < -0.3 is 4.74 Å². The van der Waals surface area contributed by atoms with Crippen LogP contribution in [0.1, 0.15) is 15.9 Å². The van der Waals surface area contributed by atoms with Gasteiger partial charge in [-0.1, -0.05) is 15.9 Å². The molecule has 0 unspecified atom stereocenters. The van der Waals surface area contributed by atoms with Crippen molar-refractivity contribution in [3.8, 4) is 5.75 Å². The van der Waals surface area contributed by atoms with E-state index in [0.29, 0.717) is 12.0 Å². The summed E-state index contributed by atoms with van der Waals surface area (Å²) in [6, 6.07) is 2.41. The van der Waals surface area contributed by atoms with Gasteiger partial charge >= 0.3 is 12.4 Å². The number of halogens is 7. The molecular weight excluding hydrogens is 370 g/mol. The van der Waals surface area contributed by atoms with Crippen LogP contribution in [0.15, 0.2) is 16.6 Å². The normalized spacial score (nSPS) is 15.0. The third-order valence-corrected chi connectivity index (χ3v) is 3.39. The maximum absolute atomic E-state index is 12.6. The van der Waals surface area contributed by atoms with Gasteiger partial charge in [0.25, 0.3) is 0 Å². The minimum absolute atomic E-state index is 0.106. The van der Waals surface area contributed by atoms with Gasteiger partial charge in [-0.3, -0.25) is 4.79 Å². The fourth-order valence-electron chi connectivity index (χ4n) is 2.09. The maximum atomic E-state index is 12.6. The molecule has 9 heteroatoms. The van der Waals surface area contributed by atoms with Crippen LogP contribution < -0.4 is 4.74 Å². The molecule has 0 fully saturated rings. The summed E-state index contributed by atoms with van der Waals surface area (Å²) >= 11 is 2.96. The molecular formula is C12H7BrF6O2. The molecule has 0 atom stereocenters. The highest BCUT2D eigenvalue weighted by molar-refractivity contribution is 9.10. The van der Waals surface area contributed by atoms with E-state index in [2.05, 4.69) is 15.9 Å². The molecule has 0 radical (unpaired) electrons. The molecule has 0 aromatic heterocycles. The first kappa shape index (κ1) is 16.1. The van der Waals surface area contributed by atoms with Crippen LogP contribution in [0.5, 0.6) is 5.75 Å². The van der Waals surface area contributed by atoms with Gasteiger partial charge in [0.2, 0.25) is 5.92 Å². The molecule has 21 heavy (non-hydrogen) atoms. The molecule has 0 saturated carbocycles. The summed E-state index contributed by atoms with van der Waals surface area (Å²) in [5.41, 5.74) is -0.313. The van der Waals surface area contributed by atoms with E-state index in [4.69, 9.17) is 4.74 Å². The zero-order chi connectivity index (χ0) is 16.0. The minimum atomic E-state index is -5.72. The van der Waals surface area contributed by atoms with Crippen molar-refractivity contribution >= 4 is 21.7 Å². The highest BCUT2D eigenvalue weighted by Crippen LogP contribution is 2.44. The van der Waals surface area contributed by atoms with Gasteiger partial charge in [0, 0.05) is 10.9 Å². The zero-order valence-corrected chi connectivity index (χ0v) is 11.7. The number of Topliss-reactive ketones (excluding diaryl/α,β-unsaturated/α-hetero) is 1. The fraction of sp³-hybridized carbons (Fsp3) is 0.417. The highest BCUT2D eigenvalue weighted by atomic mass is 79.9. The quantitative estimate of drug-likeness (QED) is 0.567. The number of rotatable bonds is 2. The first-order valence-electron chi connectivity index (χ1n) is 5.64. The van der Waals surface area contributed by atoms with E-state index in [-0.39, 0.29) is 16.8 Å². The summed E-state index contributed by atoms with van der Waals surface area (Å²) in [4.78, 5) is 11.8. The van der Waals surface area contributed by atoms with Crippen LogP contribution in [0.3, 0.4) is 0 Å². The summed E-state index contributed by atoms with van der Waals surface area (Å²) < 4.78 is 80.9. The fourth-order valence-corrected chi connectivity index (χ4v) is 2.60. The number of fused-ring (bicyclic) bond motifs is 1. The first-order chi connectivity index (χ1) is 9.51. The second-order valence-corrected chi connectivity index (χ2v) is 5.34. The van der Waals surface area contributed by atoms with Crippen LogP contribution in [0, 0.1) is 5.92 Å². The van der Waals surface area contributed by atoms with Crippen molar-refractivity contribution < 1.29 is 35.9 Å². The Balaban J connectivity index is 2.53. The van der Waals surface area contributed by atoms with Crippen molar-refractivity contribution in [2.75, 3.05) is 6.61 Å². The molecule has 1 aliphatic heterocycles. The van der Waals surface area contributed by atoms with Crippen molar-refractivity contribution in [1.82, 2.24) is 0 Å². The van der Waals surface area contributed by atoms with E-state index >= 15 is 0 Å². The second-order valence-electron chi connectivity index (χ2n) is 4.42. The average Bonchev–Trinajstić information content (AvgIpc) is 2.71. The topological polar surface area (TPSA) is 26.3 Å². The minimum Gasteiger partial charge on any atom is -0.492 e. The smallest absolute Gasteiger partial charge is 0.407 e. The Morgan fingerprint density at radius 2 is 1.71 bits per heavy atom. The van der Waals surface area contributed by atoms with E-state index in [1.807, 2.05) is 0 Å². The molecule has 0 saturated heterocycles. The number of hydrogen-bond acceptors (Lipinski definition) is 2. The van der Waals surface area contributed by atoms with Gasteiger partial charge in [-0.25, -0.2) is 0 Å². The number of carbonyl (C=O) groups excluding carboxylic acids is 1. The predicted octanol–water partition coefficient (Wildman–Crippen LogP) is 4.31. The lowest BCUT2D eigenvalue weighted by Crippen LogP contribution is -2.42. The number of alkyl halides is 6. The molecule has 0 N–H and O–H groups in total. The van der Waals surface area contributed by atoms with E-state index in [9.17, 15) is 31.1 Å².